The van der Waals surface area contributed by atoms with Crippen molar-refractivity contribution in [1.29, 1.82) is 0 Å². The molecule has 0 aromatic heterocycles. The Kier molecular flexibility index (Phi) is 733. The Morgan fingerprint density at radius 3 is 1.00 bits per heavy atom. The van der Waals surface area contributed by atoms with Gasteiger partial charge in [0.1, 0.15) is 0 Å². The SMILES string of the molecule is B.[Cr].[Fe].[Mn].[Ni].[SiH4]. The molecule has 0 bridgehead atoms. The number of rotatable bonds is 0. The van der Waals surface area contributed by atoms with Crippen LogP contribution in [0.5, 0.6) is 0 Å². The van der Waals surface area contributed by atoms with E-state index in [1.165, 1.54) is 0 Å². The maximum atomic E-state index is 0. The van der Waals surface area contributed by atoms with E-state index < -0.39 is 0 Å². The van der Waals surface area contributed by atoms with E-state index in [4.69, 9.17) is 0 Å². The summed E-state index contributed by atoms with van der Waals surface area (Å²) in [5.74, 6) is 0. The molecule has 0 saturated carbocycles. The molecule has 0 aromatic rings. The van der Waals surface area contributed by atoms with Crippen LogP contribution in [-0.2, 0) is 68.0 Å². The summed E-state index contributed by atoms with van der Waals surface area (Å²) in [6, 6.07) is 0. The van der Waals surface area contributed by atoms with Gasteiger partial charge in [0.25, 0.3) is 0 Å². The monoisotopic (exact) mass is 267 g/mol. The van der Waals surface area contributed by atoms with Gasteiger partial charge in [-0.1, -0.05) is 0 Å². The maximum absolute atomic E-state index is 0. The van der Waals surface area contributed by atoms with Crippen LogP contribution in [-0.4, -0.2) is 19.4 Å². The zero-order valence-corrected chi connectivity index (χ0v) is 6.00. The average Bonchev–Trinajstić information content (AvgIpc) is 0. The van der Waals surface area contributed by atoms with Crippen molar-refractivity contribution in [3.8, 4) is 0 Å². The minimum Gasteiger partial charge on any atom is -0.0149 e. The van der Waals surface area contributed by atoms with Crippen LogP contribution in [0.3, 0.4) is 0 Å². The summed E-state index contributed by atoms with van der Waals surface area (Å²) in [4.78, 5) is 0. The van der Waals surface area contributed by atoms with Gasteiger partial charge in [-0.15, -0.1) is 0 Å². The predicted molar refractivity (Wildman–Crippen MR) is 21.3 cm³/mol. The molecule has 0 atom stereocenters. The largest absolute Gasteiger partial charge is 0.0814 e. The van der Waals surface area contributed by atoms with Crippen molar-refractivity contribution in [2.24, 2.45) is 0 Å². The van der Waals surface area contributed by atoms with Crippen LogP contribution in [0.25, 0.3) is 0 Å². The van der Waals surface area contributed by atoms with Crippen LogP contribution in [0.15, 0.2) is 0 Å². The molecular formula is H7BCrFeMnNiSi. The molecular weight excluding hydrogens is 260 g/mol. The first-order valence-corrected chi connectivity index (χ1v) is 0. The second-order valence-corrected chi connectivity index (χ2v) is 0. The average molecular weight is 267 g/mol. The molecule has 0 aliphatic carbocycles. The molecule has 0 heterocycles. The van der Waals surface area contributed by atoms with Gasteiger partial charge < -0.3 is 0 Å². The Hall–Kier alpha value is 2.35. The van der Waals surface area contributed by atoms with Crippen molar-refractivity contribution in [2.75, 3.05) is 0 Å². The van der Waals surface area contributed by atoms with Gasteiger partial charge in [0.05, 0.1) is 8.41 Å². The molecule has 0 aliphatic heterocycles. The third-order valence-electron chi connectivity index (χ3n) is 0. The standard InChI is InChI=1S/BH3.Cr.Fe.Mn.Ni.H4Si/h1H3;;;;;1H4. The van der Waals surface area contributed by atoms with Crippen LogP contribution in [0.2, 0.25) is 0 Å². The zero-order chi connectivity index (χ0) is 0. The molecule has 0 aromatic carbocycles. The Bertz CT molecular complexity index is 15.5. The van der Waals surface area contributed by atoms with Crippen LogP contribution in [0, 0.1) is 0 Å². The first kappa shape index (κ1) is 81.8. The fraction of sp³-hybridized carbons (Fsp3) is 0. The molecule has 0 nitrogen and oxygen atoms in total. The fourth-order valence-electron chi connectivity index (χ4n) is 0. The second kappa shape index (κ2) is 53.7. The molecule has 6 heteroatoms. The molecule has 0 saturated heterocycles. The van der Waals surface area contributed by atoms with Crippen molar-refractivity contribution < 1.29 is 68.0 Å². The summed E-state index contributed by atoms with van der Waals surface area (Å²) in [6.07, 6.45) is 0. The normalized spacial score (nSPS) is 0. The van der Waals surface area contributed by atoms with Gasteiger partial charge >= 0.3 is 0 Å². The van der Waals surface area contributed by atoms with Gasteiger partial charge in [-0.25, -0.2) is 0 Å². The zero-order valence-electron chi connectivity index (χ0n) is 1.46. The van der Waals surface area contributed by atoms with Crippen molar-refractivity contribution in [2.45, 2.75) is 0 Å². The summed E-state index contributed by atoms with van der Waals surface area (Å²) >= 11 is 0. The molecule has 0 spiro atoms. The van der Waals surface area contributed by atoms with Gasteiger partial charge in [0, 0.05) is 68.0 Å². The number of hydrogen-bond donors (Lipinski definition) is 0. The topological polar surface area (TPSA) is 0 Å². The summed E-state index contributed by atoms with van der Waals surface area (Å²) in [6.45, 7) is 0. The maximum Gasteiger partial charge on any atom is 0.0814 e. The third kappa shape index (κ3) is 32.9. The third-order valence-corrected chi connectivity index (χ3v) is 0. The summed E-state index contributed by atoms with van der Waals surface area (Å²) in [5.41, 5.74) is 0. The van der Waals surface area contributed by atoms with Gasteiger partial charge in [-0.05, 0) is 11.0 Å². The van der Waals surface area contributed by atoms with Crippen molar-refractivity contribution in [3.05, 3.63) is 0 Å². The van der Waals surface area contributed by atoms with Gasteiger partial charge in [-0.3, -0.25) is 0 Å². The Labute approximate surface area is 86.6 Å². The summed E-state index contributed by atoms with van der Waals surface area (Å²) < 4.78 is 0. The smallest absolute Gasteiger partial charge is 0.0149 e. The van der Waals surface area contributed by atoms with Crippen LogP contribution >= 0.6 is 0 Å². The minimum absolute atomic E-state index is 0. The van der Waals surface area contributed by atoms with E-state index in [2.05, 4.69) is 0 Å². The van der Waals surface area contributed by atoms with Gasteiger partial charge in [0.2, 0.25) is 0 Å². The molecule has 1 radical (unpaired) electrons. The molecule has 0 aliphatic rings. The molecule has 0 rings (SSSR count). The molecule has 0 amide bonds. The summed E-state index contributed by atoms with van der Waals surface area (Å²) in [5, 5.41) is 0. The van der Waals surface area contributed by atoms with E-state index >= 15 is 0 Å². The van der Waals surface area contributed by atoms with E-state index in [0.29, 0.717) is 0 Å². The van der Waals surface area contributed by atoms with E-state index in [9.17, 15) is 0 Å². The van der Waals surface area contributed by atoms with E-state index in [-0.39, 0.29) is 87.4 Å². The molecule has 45 valence electrons. The Morgan fingerprint density at radius 1 is 1.00 bits per heavy atom. The van der Waals surface area contributed by atoms with Crippen LogP contribution in [0.1, 0.15) is 0 Å². The first-order chi connectivity index (χ1) is 0. The Morgan fingerprint density at radius 2 is 1.00 bits per heavy atom. The van der Waals surface area contributed by atoms with Gasteiger partial charge in [0.15, 0.2) is 0 Å². The van der Waals surface area contributed by atoms with Crippen molar-refractivity contribution in [3.63, 3.8) is 0 Å². The number of hydrogen-bond acceptors (Lipinski definition) is 0. The van der Waals surface area contributed by atoms with E-state index in [1.54, 1.807) is 0 Å². The van der Waals surface area contributed by atoms with Crippen LogP contribution in [0.4, 0.5) is 0 Å². The molecule has 0 N–H and O–H groups in total. The van der Waals surface area contributed by atoms with E-state index in [0.717, 1.165) is 0 Å². The quantitative estimate of drug-likeness (QED) is 0.421. The van der Waals surface area contributed by atoms with E-state index in [1.807, 2.05) is 0 Å². The van der Waals surface area contributed by atoms with Gasteiger partial charge in [-0.2, -0.15) is 0 Å². The molecule has 0 fully saturated rings. The predicted octanol–water partition coefficient (Wildman–Crippen LogP) is -2.65. The molecule has 0 unspecified atom stereocenters. The first-order valence-electron chi connectivity index (χ1n) is 0. The summed E-state index contributed by atoms with van der Waals surface area (Å²) in [7, 11) is 0. The van der Waals surface area contributed by atoms with Crippen molar-refractivity contribution in [1.82, 2.24) is 0 Å². The van der Waals surface area contributed by atoms with Crippen LogP contribution < -0.4 is 0 Å². The molecule has 6 heavy (non-hydrogen) atoms. The minimum atomic E-state index is 0. The Balaban J connectivity index is 0. The van der Waals surface area contributed by atoms with Crippen molar-refractivity contribution >= 4 is 19.4 Å². The second-order valence-electron chi connectivity index (χ2n) is 0. The fourth-order valence-corrected chi connectivity index (χ4v) is 0.